The molecule has 0 spiro atoms. The van der Waals surface area contributed by atoms with E-state index in [0.29, 0.717) is 11.4 Å². The number of amides is 4. The van der Waals surface area contributed by atoms with Crippen LogP contribution in [0.5, 0.6) is 0 Å². The number of hydrogen-bond donors (Lipinski definition) is 4. The predicted molar refractivity (Wildman–Crippen MR) is 129 cm³/mol. The number of urea groups is 2. The maximum atomic E-state index is 12.4. The third-order valence-electron chi connectivity index (χ3n) is 5.18. The molecule has 34 heavy (non-hydrogen) atoms. The van der Waals surface area contributed by atoms with E-state index >= 15 is 0 Å². The minimum absolute atomic E-state index is 0.521. The molecule has 0 aliphatic carbocycles. The normalized spacial score (nSPS) is 12.4. The second-order valence-corrected chi connectivity index (χ2v) is 7.59. The molecule has 0 saturated carbocycles. The number of anilines is 2. The van der Waals surface area contributed by atoms with E-state index in [1.54, 1.807) is 24.3 Å². The molecule has 10 heteroatoms. The SMILES string of the molecule is COC(=O)[C@H](C)NC(=O)Nc1cccc2cc3cccc(NC(=O)N[C@@H](C)C(=O)OC)c3cc12. The van der Waals surface area contributed by atoms with Crippen molar-refractivity contribution >= 4 is 56.9 Å². The van der Waals surface area contributed by atoms with Crippen molar-refractivity contribution in [2.45, 2.75) is 25.9 Å². The summed E-state index contributed by atoms with van der Waals surface area (Å²) in [5.41, 5.74) is 1.04. The molecule has 0 aliphatic rings. The van der Waals surface area contributed by atoms with Crippen LogP contribution in [-0.2, 0) is 19.1 Å². The third-order valence-corrected chi connectivity index (χ3v) is 5.18. The fourth-order valence-electron chi connectivity index (χ4n) is 3.45. The molecule has 3 rings (SSSR count). The topological polar surface area (TPSA) is 135 Å². The van der Waals surface area contributed by atoms with E-state index in [9.17, 15) is 19.2 Å². The van der Waals surface area contributed by atoms with Crippen LogP contribution in [0, 0.1) is 0 Å². The lowest BCUT2D eigenvalue weighted by Crippen LogP contribution is -2.41. The lowest BCUT2D eigenvalue weighted by molar-refractivity contribution is -0.143. The predicted octanol–water partition coefficient (Wildman–Crippen LogP) is 3.36. The summed E-state index contributed by atoms with van der Waals surface area (Å²) in [7, 11) is 2.49. The second-order valence-electron chi connectivity index (χ2n) is 7.59. The van der Waals surface area contributed by atoms with Crippen LogP contribution in [0.3, 0.4) is 0 Å². The van der Waals surface area contributed by atoms with Crippen LogP contribution in [0.2, 0.25) is 0 Å². The molecular formula is C24H26N4O6. The molecule has 0 aromatic heterocycles. The Bertz CT molecular complexity index is 1170. The van der Waals surface area contributed by atoms with Crippen molar-refractivity contribution in [3.05, 3.63) is 48.5 Å². The van der Waals surface area contributed by atoms with Crippen LogP contribution in [0.4, 0.5) is 21.0 Å². The van der Waals surface area contributed by atoms with Gasteiger partial charge in [-0.15, -0.1) is 0 Å². The van der Waals surface area contributed by atoms with Crippen LogP contribution >= 0.6 is 0 Å². The van der Waals surface area contributed by atoms with Gasteiger partial charge in [-0.3, -0.25) is 0 Å². The zero-order chi connectivity index (χ0) is 24.8. The van der Waals surface area contributed by atoms with E-state index in [0.717, 1.165) is 21.5 Å². The van der Waals surface area contributed by atoms with E-state index in [4.69, 9.17) is 0 Å². The summed E-state index contributed by atoms with van der Waals surface area (Å²) in [4.78, 5) is 48.0. The van der Waals surface area contributed by atoms with Gasteiger partial charge in [0.15, 0.2) is 0 Å². The van der Waals surface area contributed by atoms with Gasteiger partial charge < -0.3 is 30.7 Å². The Morgan fingerprint density at radius 2 is 1.09 bits per heavy atom. The van der Waals surface area contributed by atoms with Crippen LogP contribution in [-0.4, -0.2) is 50.3 Å². The van der Waals surface area contributed by atoms with E-state index in [1.807, 2.05) is 24.3 Å². The molecule has 3 aromatic carbocycles. The maximum Gasteiger partial charge on any atom is 0.328 e. The number of carbonyl (C=O) groups excluding carboxylic acids is 4. The quantitative estimate of drug-likeness (QED) is 0.325. The van der Waals surface area contributed by atoms with Gasteiger partial charge >= 0.3 is 24.0 Å². The highest BCUT2D eigenvalue weighted by atomic mass is 16.5. The molecule has 0 unspecified atom stereocenters. The lowest BCUT2D eigenvalue weighted by Gasteiger charge is -2.16. The van der Waals surface area contributed by atoms with E-state index in [-0.39, 0.29) is 0 Å². The highest BCUT2D eigenvalue weighted by Crippen LogP contribution is 2.32. The minimum atomic E-state index is -0.817. The summed E-state index contributed by atoms with van der Waals surface area (Å²) >= 11 is 0. The smallest absolute Gasteiger partial charge is 0.328 e. The van der Waals surface area contributed by atoms with Crippen LogP contribution in [0.15, 0.2) is 48.5 Å². The summed E-state index contributed by atoms with van der Waals surface area (Å²) in [5, 5.41) is 13.8. The first-order valence-electron chi connectivity index (χ1n) is 10.5. The van der Waals surface area contributed by atoms with Crippen molar-refractivity contribution in [1.82, 2.24) is 10.6 Å². The minimum Gasteiger partial charge on any atom is -0.467 e. The Balaban J connectivity index is 1.90. The highest BCUT2D eigenvalue weighted by molar-refractivity contribution is 6.11. The van der Waals surface area contributed by atoms with Crippen molar-refractivity contribution < 1.29 is 28.7 Å². The zero-order valence-electron chi connectivity index (χ0n) is 19.2. The number of methoxy groups -OCH3 is 2. The van der Waals surface area contributed by atoms with Crippen molar-refractivity contribution in [2.75, 3.05) is 24.9 Å². The summed E-state index contributed by atoms with van der Waals surface area (Å²) in [6.07, 6.45) is 0. The molecule has 4 amide bonds. The molecule has 0 radical (unpaired) electrons. The Morgan fingerprint density at radius 3 is 1.47 bits per heavy atom. The first-order valence-corrected chi connectivity index (χ1v) is 10.5. The van der Waals surface area contributed by atoms with Gasteiger partial charge in [0.05, 0.1) is 25.6 Å². The number of nitrogens with one attached hydrogen (secondary N) is 4. The van der Waals surface area contributed by atoms with Gasteiger partial charge in [0, 0.05) is 10.8 Å². The van der Waals surface area contributed by atoms with Crippen molar-refractivity contribution in [1.29, 1.82) is 0 Å². The Kier molecular flexibility index (Phi) is 7.52. The molecule has 178 valence electrons. The van der Waals surface area contributed by atoms with Gasteiger partial charge in [-0.2, -0.15) is 0 Å². The molecule has 4 N–H and O–H groups in total. The largest absolute Gasteiger partial charge is 0.467 e. The van der Waals surface area contributed by atoms with Gasteiger partial charge in [0.2, 0.25) is 0 Å². The number of rotatable bonds is 6. The maximum absolute atomic E-state index is 12.4. The van der Waals surface area contributed by atoms with Crippen molar-refractivity contribution in [2.24, 2.45) is 0 Å². The van der Waals surface area contributed by atoms with E-state index in [2.05, 4.69) is 30.7 Å². The first-order chi connectivity index (χ1) is 16.2. The molecule has 10 nitrogen and oxygen atoms in total. The first kappa shape index (κ1) is 24.3. The van der Waals surface area contributed by atoms with E-state index in [1.165, 1.54) is 28.1 Å². The van der Waals surface area contributed by atoms with E-state index < -0.39 is 36.1 Å². The zero-order valence-corrected chi connectivity index (χ0v) is 19.2. The monoisotopic (exact) mass is 466 g/mol. The van der Waals surface area contributed by atoms with Crippen molar-refractivity contribution in [3.63, 3.8) is 0 Å². The number of esters is 2. The number of carbonyl (C=O) groups is 4. The second kappa shape index (κ2) is 10.5. The molecule has 0 fully saturated rings. The average molecular weight is 466 g/mol. The van der Waals surface area contributed by atoms with Gasteiger partial charge in [-0.05, 0) is 48.9 Å². The Labute approximate surface area is 196 Å². The number of hydrogen-bond acceptors (Lipinski definition) is 6. The number of benzene rings is 3. The number of ether oxygens (including phenoxy) is 2. The average Bonchev–Trinajstić information content (AvgIpc) is 2.82. The molecule has 3 aromatic rings. The summed E-state index contributed by atoms with van der Waals surface area (Å²) in [5.74, 6) is -1.12. The van der Waals surface area contributed by atoms with Gasteiger partial charge in [0.25, 0.3) is 0 Å². The fraction of sp³-hybridized carbons (Fsp3) is 0.250. The number of fused-ring (bicyclic) bond motifs is 2. The highest BCUT2D eigenvalue weighted by Gasteiger charge is 2.18. The lowest BCUT2D eigenvalue weighted by atomic mass is 10.0. The van der Waals surface area contributed by atoms with Crippen LogP contribution < -0.4 is 21.3 Å². The molecule has 0 heterocycles. The third kappa shape index (κ3) is 5.52. The Morgan fingerprint density at radius 1 is 0.676 bits per heavy atom. The standard InChI is InChI=1S/C24H26N4O6/c1-13(21(29)33-3)25-23(31)27-19-9-5-7-15-11-16-8-6-10-20(18(16)12-17(15)19)28-24(32)26-14(2)22(30)34-4/h5-14H,1-4H3,(H2,25,27,31)(H2,26,28,32)/t13-,14-/m0/s1. The van der Waals surface area contributed by atoms with Gasteiger partial charge in [0.1, 0.15) is 12.1 Å². The molecule has 0 aliphatic heterocycles. The van der Waals surface area contributed by atoms with Gasteiger partial charge in [-0.25, -0.2) is 19.2 Å². The fourth-order valence-corrected chi connectivity index (χ4v) is 3.45. The molecular weight excluding hydrogens is 440 g/mol. The molecule has 0 saturated heterocycles. The summed E-state index contributed by atoms with van der Waals surface area (Å²) < 4.78 is 9.25. The Hall–Kier alpha value is -4.34. The van der Waals surface area contributed by atoms with Crippen LogP contribution in [0.1, 0.15) is 13.8 Å². The molecule has 0 bridgehead atoms. The van der Waals surface area contributed by atoms with Gasteiger partial charge in [-0.1, -0.05) is 24.3 Å². The van der Waals surface area contributed by atoms with Crippen molar-refractivity contribution in [3.8, 4) is 0 Å². The summed E-state index contributed by atoms with van der Waals surface area (Å²) in [6.45, 7) is 3.04. The van der Waals surface area contributed by atoms with Crippen LogP contribution in [0.25, 0.3) is 21.5 Å². The summed E-state index contributed by atoms with van der Waals surface area (Å²) in [6, 6.07) is 11.9. The molecule has 2 atom stereocenters.